The van der Waals surface area contributed by atoms with Crippen LogP contribution in [0.15, 0.2) is 4.99 Å². The SMILES string of the molecule is CN=C(NCCC(=O)OC)N1CCC(COCCOC)C1. The van der Waals surface area contributed by atoms with Crippen LogP contribution in [0.1, 0.15) is 12.8 Å². The lowest BCUT2D eigenvalue weighted by molar-refractivity contribution is -0.140. The van der Waals surface area contributed by atoms with Gasteiger partial charge in [-0.05, 0) is 6.42 Å². The number of nitrogens with zero attached hydrogens (tertiary/aromatic N) is 2. The molecule has 0 amide bonds. The van der Waals surface area contributed by atoms with Gasteiger partial charge in [0.25, 0.3) is 0 Å². The van der Waals surface area contributed by atoms with Crippen LogP contribution in [0.5, 0.6) is 0 Å². The summed E-state index contributed by atoms with van der Waals surface area (Å²) < 4.78 is 15.1. The summed E-state index contributed by atoms with van der Waals surface area (Å²) in [5, 5.41) is 3.19. The first-order valence-corrected chi connectivity index (χ1v) is 7.30. The Labute approximate surface area is 126 Å². The predicted octanol–water partition coefficient (Wildman–Crippen LogP) is 0.110. The molecule has 1 unspecified atom stereocenters. The first kappa shape index (κ1) is 17.7. The van der Waals surface area contributed by atoms with E-state index in [-0.39, 0.29) is 5.97 Å². The first-order chi connectivity index (χ1) is 10.2. The van der Waals surface area contributed by atoms with Gasteiger partial charge in [-0.25, -0.2) is 0 Å². The lowest BCUT2D eigenvalue weighted by Crippen LogP contribution is -2.41. The van der Waals surface area contributed by atoms with E-state index in [1.165, 1.54) is 7.11 Å². The number of carbonyl (C=O) groups is 1. The second-order valence-electron chi connectivity index (χ2n) is 4.97. The molecule has 1 fully saturated rings. The van der Waals surface area contributed by atoms with Gasteiger partial charge in [0.05, 0.1) is 33.4 Å². The van der Waals surface area contributed by atoms with E-state index in [1.807, 2.05) is 0 Å². The van der Waals surface area contributed by atoms with Crippen molar-refractivity contribution >= 4 is 11.9 Å². The zero-order valence-electron chi connectivity index (χ0n) is 13.3. The molecule has 21 heavy (non-hydrogen) atoms. The van der Waals surface area contributed by atoms with Crippen LogP contribution in [0.4, 0.5) is 0 Å². The van der Waals surface area contributed by atoms with Gasteiger partial charge in [-0.15, -0.1) is 0 Å². The molecule has 1 atom stereocenters. The molecule has 1 aliphatic rings. The molecule has 7 heteroatoms. The van der Waals surface area contributed by atoms with Gasteiger partial charge in [0.1, 0.15) is 0 Å². The van der Waals surface area contributed by atoms with Gasteiger partial charge in [0.15, 0.2) is 5.96 Å². The molecule has 1 heterocycles. The topological polar surface area (TPSA) is 72.4 Å². The van der Waals surface area contributed by atoms with Crippen molar-refractivity contribution in [3.8, 4) is 0 Å². The summed E-state index contributed by atoms with van der Waals surface area (Å²) in [4.78, 5) is 17.5. The minimum atomic E-state index is -0.219. The summed E-state index contributed by atoms with van der Waals surface area (Å²) in [6.07, 6.45) is 1.43. The molecule has 1 N–H and O–H groups in total. The zero-order chi connectivity index (χ0) is 15.5. The Bertz CT molecular complexity index is 336. The van der Waals surface area contributed by atoms with Gasteiger partial charge in [0, 0.05) is 39.7 Å². The zero-order valence-corrected chi connectivity index (χ0v) is 13.3. The van der Waals surface area contributed by atoms with Gasteiger partial charge in [-0.2, -0.15) is 0 Å². The highest BCUT2D eigenvalue weighted by atomic mass is 16.5. The molecule has 0 radical (unpaired) electrons. The van der Waals surface area contributed by atoms with Gasteiger partial charge >= 0.3 is 5.97 Å². The average molecular weight is 301 g/mol. The molecule has 0 aliphatic carbocycles. The maximum atomic E-state index is 11.1. The number of carbonyl (C=O) groups excluding carboxylic acids is 1. The minimum absolute atomic E-state index is 0.219. The summed E-state index contributed by atoms with van der Waals surface area (Å²) in [5.41, 5.74) is 0. The molecule has 1 rings (SSSR count). The van der Waals surface area contributed by atoms with Crippen molar-refractivity contribution in [3.05, 3.63) is 0 Å². The van der Waals surface area contributed by atoms with E-state index >= 15 is 0 Å². The maximum absolute atomic E-state index is 11.1. The molecule has 0 aromatic heterocycles. The van der Waals surface area contributed by atoms with Gasteiger partial charge in [0.2, 0.25) is 0 Å². The quantitative estimate of drug-likeness (QED) is 0.297. The van der Waals surface area contributed by atoms with Crippen molar-refractivity contribution in [3.63, 3.8) is 0 Å². The Hall–Kier alpha value is -1.34. The summed E-state index contributed by atoms with van der Waals surface area (Å²) in [6, 6.07) is 0. The number of esters is 1. The second kappa shape index (κ2) is 10.4. The average Bonchev–Trinajstić information content (AvgIpc) is 2.96. The van der Waals surface area contributed by atoms with E-state index < -0.39 is 0 Å². The lowest BCUT2D eigenvalue weighted by atomic mass is 10.1. The fourth-order valence-corrected chi connectivity index (χ4v) is 2.26. The van der Waals surface area contributed by atoms with Crippen LogP contribution in [0.2, 0.25) is 0 Å². The lowest BCUT2D eigenvalue weighted by Gasteiger charge is -2.21. The molecule has 0 aromatic carbocycles. The normalized spacial score (nSPS) is 18.9. The summed E-state index contributed by atoms with van der Waals surface area (Å²) >= 11 is 0. The second-order valence-corrected chi connectivity index (χ2v) is 4.97. The molecule has 0 saturated carbocycles. The summed E-state index contributed by atoms with van der Waals surface area (Å²) in [5.74, 6) is 1.13. The number of guanidine groups is 1. The highest BCUT2D eigenvalue weighted by Gasteiger charge is 2.24. The van der Waals surface area contributed by atoms with Crippen LogP contribution in [-0.4, -0.2) is 77.6 Å². The van der Waals surface area contributed by atoms with Crippen molar-refractivity contribution in [2.45, 2.75) is 12.8 Å². The Balaban J connectivity index is 2.24. The van der Waals surface area contributed by atoms with Crippen molar-refractivity contribution in [2.24, 2.45) is 10.9 Å². The molecule has 122 valence electrons. The summed E-state index contributed by atoms with van der Waals surface area (Å²) in [6.45, 7) is 4.43. The number of hydrogen-bond donors (Lipinski definition) is 1. The van der Waals surface area contributed by atoms with Gasteiger partial charge in [-0.3, -0.25) is 9.79 Å². The third kappa shape index (κ3) is 6.77. The van der Waals surface area contributed by atoms with E-state index in [0.717, 1.165) is 32.1 Å². The highest BCUT2D eigenvalue weighted by molar-refractivity contribution is 5.80. The van der Waals surface area contributed by atoms with E-state index in [9.17, 15) is 4.79 Å². The number of methoxy groups -OCH3 is 2. The Kier molecular flexibility index (Phi) is 8.77. The Morgan fingerprint density at radius 1 is 1.38 bits per heavy atom. The number of likely N-dealkylation sites (tertiary alicyclic amines) is 1. The monoisotopic (exact) mass is 301 g/mol. The Morgan fingerprint density at radius 2 is 2.19 bits per heavy atom. The molecule has 1 saturated heterocycles. The highest BCUT2D eigenvalue weighted by Crippen LogP contribution is 2.16. The molecular weight excluding hydrogens is 274 g/mol. The first-order valence-electron chi connectivity index (χ1n) is 7.30. The molecule has 0 bridgehead atoms. The number of nitrogens with one attached hydrogen (secondary N) is 1. The van der Waals surface area contributed by atoms with Gasteiger partial charge < -0.3 is 24.4 Å². The number of aliphatic imine (C=N–C) groups is 1. The molecule has 0 aromatic rings. The molecule has 7 nitrogen and oxygen atoms in total. The van der Waals surface area contributed by atoms with Crippen LogP contribution >= 0.6 is 0 Å². The summed E-state index contributed by atoms with van der Waals surface area (Å²) in [7, 11) is 4.82. The largest absolute Gasteiger partial charge is 0.469 e. The van der Waals surface area contributed by atoms with E-state index in [4.69, 9.17) is 9.47 Å². The van der Waals surface area contributed by atoms with E-state index in [2.05, 4.69) is 19.9 Å². The minimum Gasteiger partial charge on any atom is -0.469 e. The van der Waals surface area contributed by atoms with E-state index in [1.54, 1.807) is 14.2 Å². The van der Waals surface area contributed by atoms with Crippen molar-refractivity contribution in [1.29, 1.82) is 0 Å². The standard InChI is InChI=1S/C14H27N3O4/c1-15-14(16-6-4-13(18)20-3)17-7-5-12(10-17)11-21-9-8-19-2/h12H,4-11H2,1-3H3,(H,15,16). The van der Waals surface area contributed by atoms with Crippen LogP contribution in [0.3, 0.4) is 0 Å². The number of rotatable bonds is 8. The third-order valence-corrected chi connectivity index (χ3v) is 3.42. The maximum Gasteiger partial charge on any atom is 0.307 e. The van der Waals surface area contributed by atoms with Crippen LogP contribution in [0, 0.1) is 5.92 Å². The van der Waals surface area contributed by atoms with Crippen molar-refractivity contribution < 1.29 is 19.0 Å². The van der Waals surface area contributed by atoms with Crippen LogP contribution < -0.4 is 5.32 Å². The molecule has 1 aliphatic heterocycles. The third-order valence-electron chi connectivity index (χ3n) is 3.42. The fourth-order valence-electron chi connectivity index (χ4n) is 2.26. The molecule has 0 spiro atoms. The predicted molar refractivity (Wildman–Crippen MR) is 80.4 cm³/mol. The molecular formula is C14H27N3O4. The van der Waals surface area contributed by atoms with Crippen molar-refractivity contribution in [2.75, 3.05) is 60.7 Å². The van der Waals surface area contributed by atoms with E-state index in [0.29, 0.717) is 32.1 Å². The van der Waals surface area contributed by atoms with Crippen LogP contribution in [-0.2, 0) is 19.0 Å². The van der Waals surface area contributed by atoms with Gasteiger partial charge in [-0.1, -0.05) is 0 Å². The van der Waals surface area contributed by atoms with Crippen molar-refractivity contribution in [1.82, 2.24) is 10.2 Å². The smallest absolute Gasteiger partial charge is 0.307 e. The Morgan fingerprint density at radius 3 is 2.86 bits per heavy atom. The number of ether oxygens (including phenoxy) is 3. The number of hydrogen-bond acceptors (Lipinski definition) is 5. The fraction of sp³-hybridized carbons (Fsp3) is 0.857. The van der Waals surface area contributed by atoms with Crippen LogP contribution in [0.25, 0.3) is 0 Å².